The van der Waals surface area contributed by atoms with Crippen LogP contribution in [0.3, 0.4) is 0 Å². The van der Waals surface area contributed by atoms with Crippen LogP contribution in [0.5, 0.6) is 5.75 Å². The Labute approximate surface area is 160 Å². The molecule has 142 valence electrons. The quantitative estimate of drug-likeness (QED) is 0.856. The summed E-state index contributed by atoms with van der Waals surface area (Å²) in [6, 6.07) is 12.7. The van der Waals surface area contributed by atoms with Crippen LogP contribution >= 0.6 is 0 Å². The van der Waals surface area contributed by atoms with Crippen molar-refractivity contribution in [2.75, 3.05) is 29.9 Å². The Hall–Kier alpha value is -2.69. The standard InChI is InChI=1S/C22H26N2O3/c1-4-14-8-18(20-19(9-14)27-22(2,3)13-23-20)15-6-5-7-17(10-15)24-11-16(12-24)21(25)26/h5-10,16,23H,4,11-13H2,1-3H3,(H,25,26). The molecule has 2 heterocycles. The van der Waals surface area contributed by atoms with Gasteiger partial charge in [-0.3, -0.25) is 4.79 Å². The van der Waals surface area contributed by atoms with E-state index in [1.165, 1.54) is 5.56 Å². The zero-order valence-corrected chi connectivity index (χ0v) is 16.1. The molecule has 0 unspecified atom stereocenters. The number of ether oxygens (including phenoxy) is 1. The average Bonchev–Trinajstić information content (AvgIpc) is 2.58. The van der Waals surface area contributed by atoms with E-state index < -0.39 is 5.97 Å². The molecule has 2 N–H and O–H groups in total. The van der Waals surface area contributed by atoms with E-state index in [4.69, 9.17) is 9.84 Å². The van der Waals surface area contributed by atoms with Gasteiger partial charge in [-0.25, -0.2) is 0 Å². The molecule has 0 amide bonds. The highest BCUT2D eigenvalue weighted by molar-refractivity contribution is 5.85. The van der Waals surface area contributed by atoms with Crippen molar-refractivity contribution in [3.63, 3.8) is 0 Å². The van der Waals surface area contributed by atoms with E-state index >= 15 is 0 Å². The molecular weight excluding hydrogens is 340 g/mol. The SMILES string of the molecule is CCc1cc2c(c(-c3cccc(N4CC(C(=O)O)C4)c3)c1)NCC(C)(C)O2. The van der Waals surface area contributed by atoms with Gasteiger partial charge in [0.1, 0.15) is 11.4 Å². The minimum absolute atomic E-state index is 0.234. The molecule has 2 aliphatic rings. The van der Waals surface area contributed by atoms with E-state index in [0.29, 0.717) is 13.1 Å². The lowest BCUT2D eigenvalue weighted by molar-refractivity contribution is -0.142. The van der Waals surface area contributed by atoms with E-state index in [2.05, 4.69) is 55.3 Å². The molecule has 5 heteroatoms. The lowest BCUT2D eigenvalue weighted by Gasteiger charge is -2.39. The van der Waals surface area contributed by atoms with Crippen molar-refractivity contribution in [3.05, 3.63) is 42.0 Å². The first-order valence-electron chi connectivity index (χ1n) is 9.54. The Balaban J connectivity index is 1.70. The van der Waals surface area contributed by atoms with E-state index in [9.17, 15) is 4.79 Å². The number of nitrogens with zero attached hydrogens (tertiary/aromatic N) is 1. The van der Waals surface area contributed by atoms with E-state index in [0.717, 1.165) is 41.2 Å². The summed E-state index contributed by atoms with van der Waals surface area (Å²) in [6.07, 6.45) is 0.941. The van der Waals surface area contributed by atoms with Gasteiger partial charge in [0.05, 0.1) is 18.2 Å². The molecule has 0 aromatic heterocycles. The van der Waals surface area contributed by atoms with E-state index in [1.807, 2.05) is 12.1 Å². The van der Waals surface area contributed by atoms with Gasteiger partial charge < -0.3 is 20.1 Å². The summed E-state index contributed by atoms with van der Waals surface area (Å²) >= 11 is 0. The topological polar surface area (TPSA) is 61.8 Å². The number of benzene rings is 2. The maximum atomic E-state index is 11.1. The van der Waals surface area contributed by atoms with Gasteiger partial charge in [0.2, 0.25) is 0 Å². The second kappa shape index (κ2) is 6.48. The largest absolute Gasteiger partial charge is 0.484 e. The summed E-state index contributed by atoms with van der Waals surface area (Å²) in [5, 5.41) is 12.7. The predicted octanol–water partition coefficient (Wildman–Crippen LogP) is 4.02. The highest BCUT2D eigenvalue weighted by atomic mass is 16.5. The maximum absolute atomic E-state index is 11.1. The number of fused-ring (bicyclic) bond motifs is 1. The first-order chi connectivity index (χ1) is 12.9. The molecule has 5 nitrogen and oxygen atoms in total. The molecular formula is C22H26N2O3. The normalized spacial score (nSPS) is 18.1. The third-order valence-electron chi connectivity index (χ3n) is 5.40. The Kier molecular flexibility index (Phi) is 4.25. The minimum atomic E-state index is -0.712. The van der Waals surface area contributed by atoms with Crippen molar-refractivity contribution in [1.82, 2.24) is 0 Å². The molecule has 2 aliphatic heterocycles. The Morgan fingerprint density at radius 1 is 1.30 bits per heavy atom. The van der Waals surface area contributed by atoms with Crippen LogP contribution in [0, 0.1) is 5.92 Å². The molecule has 0 bridgehead atoms. The molecule has 1 fully saturated rings. The van der Waals surface area contributed by atoms with Gasteiger partial charge in [0, 0.05) is 24.3 Å². The average molecular weight is 366 g/mol. The lowest BCUT2D eigenvalue weighted by Crippen LogP contribution is -2.50. The van der Waals surface area contributed by atoms with Crippen LogP contribution in [0.15, 0.2) is 36.4 Å². The zero-order chi connectivity index (χ0) is 19.2. The third kappa shape index (κ3) is 3.34. The number of hydrogen-bond acceptors (Lipinski definition) is 4. The molecule has 2 aromatic carbocycles. The van der Waals surface area contributed by atoms with Crippen molar-refractivity contribution in [1.29, 1.82) is 0 Å². The van der Waals surface area contributed by atoms with Gasteiger partial charge in [-0.1, -0.05) is 19.1 Å². The smallest absolute Gasteiger partial charge is 0.310 e. The van der Waals surface area contributed by atoms with Gasteiger partial charge in [-0.15, -0.1) is 0 Å². The fourth-order valence-electron chi connectivity index (χ4n) is 3.72. The summed E-state index contributed by atoms with van der Waals surface area (Å²) in [6.45, 7) is 8.22. The van der Waals surface area contributed by atoms with Crippen LogP contribution in [0.25, 0.3) is 11.1 Å². The number of aliphatic carboxylic acids is 1. The second-order valence-electron chi connectivity index (χ2n) is 8.08. The number of anilines is 2. The summed E-state index contributed by atoms with van der Waals surface area (Å²) < 4.78 is 6.24. The van der Waals surface area contributed by atoms with Gasteiger partial charge >= 0.3 is 5.97 Å². The van der Waals surface area contributed by atoms with Crippen LogP contribution in [0.2, 0.25) is 0 Å². The molecule has 27 heavy (non-hydrogen) atoms. The summed E-state index contributed by atoms with van der Waals surface area (Å²) in [7, 11) is 0. The minimum Gasteiger partial charge on any atom is -0.484 e. The molecule has 0 atom stereocenters. The highest BCUT2D eigenvalue weighted by Gasteiger charge is 2.33. The van der Waals surface area contributed by atoms with Crippen LogP contribution in [0.1, 0.15) is 26.3 Å². The van der Waals surface area contributed by atoms with Gasteiger partial charge in [-0.05, 0) is 55.7 Å². The molecule has 2 aromatic rings. The summed E-state index contributed by atoms with van der Waals surface area (Å²) in [5.74, 6) is -0.0703. The van der Waals surface area contributed by atoms with Gasteiger partial charge in [0.15, 0.2) is 0 Å². The summed E-state index contributed by atoms with van der Waals surface area (Å²) in [4.78, 5) is 13.2. The van der Waals surface area contributed by atoms with Crippen molar-refractivity contribution in [3.8, 4) is 16.9 Å². The number of hydrogen-bond donors (Lipinski definition) is 2. The monoisotopic (exact) mass is 366 g/mol. The first kappa shape index (κ1) is 17.7. The van der Waals surface area contributed by atoms with Crippen LogP contribution in [-0.2, 0) is 11.2 Å². The predicted molar refractivity (Wildman–Crippen MR) is 108 cm³/mol. The number of nitrogens with one attached hydrogen (secondary N) is 1. The molecule has 0 aliphatic carbocycles. The molecule has 1 saturated heterocycles. The maximum Gasteiger partial charge on any atom is 0.310 e. The first-order valence-corrected chi connectivity index (χ1v) is 9.54. The molecule has 4 rings (SSSR count). The van der Waals surface area contributed by atoms with Crippen LogP contribution in [0.4, 0.5) is 11.4 Å². The highest BCUT2D eigenvalue weighted by Crippen LogP contribution is 2.42. The zero-order valence-electron chi connectivity index (χ0n) is 16.1. The Morgan fingerprint density at radius 2 is 2.07 bits per heavy atom. The van der Waals surface area contributed by atoms with Crippen LogP contribution in [-0.4, -0.2) is 36.3 Å². The van der Waals surface area contributed by atoms with Crippen molar-refractivity contribution in [2.24, 2.45) is 5.92 Å². The summed E-state index contributed by atoms with van der Waals surface area (Å²) in [5.41, 5.74) is 5.37. The molecule has 0 spiro atoms. The fourth-order valence-corrected chi connectivity index (χ4v) is 3.72. The second-order valence-corrected chi connectivity index (χ2v) is 8.08. The van der Waals surface area contributed by atoms with Gasteiger partial charge in [-0.2, -0.15) is 0 Å². The molecule has 0 saturated carbocycles. The van der Waals surface area contributed by atoms with Crippen molar-refractivity contribution in [2.45, 2.75) is 32.8 Å². The van der Waals surface area contributed by atoms with E-state index in [1.54, 1.807) is 0 Å². The Bertz CT molecular complexity index is 885. The van der Waals surface area contributed by atoms with Gasteiger partial charge in [0.25, 0.3) is 0 Å². The number of rotatable bonds is 4. The van der Waals surface area contributed by atoms with E-state index in [-0.39, 0.29) is 11.5 Å². The number of carboxylic acids is 1. The number of carboxylic acid groups (broad SMARTS) is 1. The molecule has 0 radical (unpaired) electrons. The third-order valence-corrected chi connectivity index (χ3v) is 5.40. The number of carbonyl (C=O) groups is 1. The fraction of sp³-hybridized carbons (Fsp3) is 0.409. The Morgan fingerprint density at radius 3 is 2.78 bits per heavy atom. The lowest BCUT2D eigenvalue weighted by atomic mass is 9.95. The van der Waals surface area contributed by atoms with Crippen molar-refractivity contribution < 1.29 is 14.6 Å². The number of aryl methyl sites for hydroxylation is 1. The van der Waals surface area contributed by atoms with Crippen LogP contribution < -0.4 is 15.0 Å². The van der Waals surface area contributed by atoms with Crippen molar-refractivity contribution >= 4 is 17.3 Å².